The second kappa shape index (κ2) is 8.20. The van der Waals surface area contributed by atoms with Crippen molar-refractivity contribution < 1.29 is 19.1 Å². The van der Waals surface area contributed by atoms with Gasteiger partial charge in [0.1, 0.15) is 5.82 Å². The van der Waals surface area contributed by atoms with E-state index in [2.05, 4.69) is 4.98 Å². The van der Waals surface area contributed by atoms with E-state index < -0.39 is 24.0 Å². The minimum atomic E-state index is -1.20. The highest BCUT2D eigenvalue weighted by atomic mass is 16.5. The van der Waals surface area contributed by atoms with Gasteiger partial charge in [0.15, 0.2) is 6.10 Å². The lowest BCUT2D eigenvalue weighted by Crippen LogP contribution is -2.42. The summed E-state index contributed by atoms with van der Waals surface area (Å²) in [6.45, 7) is 1.97. The average Bonchev–Trinajstić information content (AvgIpc) is 2.62. The number of nitrogens with zero attached hydrogens (tertiary/aromatic N) is 2. The molecule has 9 heteroatoms. The molecule has 1 aromatic carbocycles. The highest BCUT2D eigenvalue weighted by Crippen LogP contribution is 2.17. The van der Waals surface area contributed by atoms with Crippen molar-refractivity contribution in [2.45, 2.75) is 51.7 Å². The first-order chi connectivity index (χ1) is 13.4. The van der Waals surface area contributed by atoms with Crippen LogP contribution in [0.25, 0.3) is 10.9 Å². The Hall–Kier alpha value is -3.23. The molecule has 0 radical (unpaired) electrons. The number of carbonyl (C=O) groups is 3. The molecule has 0 saturated carbocycles. The van der Waals surface area contributed by atoms with Gasteiger partial charge in [0.2, 0.25) is 0 Å². The quantitative estimate of drug-likeness (QED) is 0.763. The number of fused-ring (bicyclic) bond motifs is 2. The van der Waals surface area contributed by atoms with Crippen molar-refractivity contribution in [1.82, 2.24) is 14.9 Å². The van der Waals surface area contributed by atoms with Crippen molar-refractivity contribution in [3.8, 4) is 0 Å². The Balaban J connectivity index is 1.88. The molecular formula is C19H22N4O5. The number of hydrogen-bond acceptors (Lipinski definition) is 6. The molecular weight excluding hydrogens is 364 g/mol. The van der Waals surface area contributed by atoms with Gasteiger partial charge in [0, 0.05) is 13.0 Å². The maximum Gasteiger partial charge on any atom is 0.338 e. The van der Waals surface area contributed by atoms with E-state index in [0.717, 1.165) is 31.5 Å². The zero-order valence-corrected chi connectivity index (χ0v) is 15.6. The van der Waals surface area contributed by atoms with Gasteiger partial charge >= 0.3 is 12.0 Å². The number of hydrogen-bond donors (Lipinski definition) is 2. The Morgan fingerprint density at radius 2 is 1.96 bits per heavy atom. The molecule has 9 nitrogen and oxygen atoms in total. The lowest BCUT2D eigenvalue weighted by Gasteiger charge is -2.16. The first kappa shape index (κ1) is 19.5. The molecule has 0 spiro atoms. The van der Waals surface area contributed by atoms with Crippen LogP contribution in [-0.4, -0.2) is 33.6 Å². The third-order valence-electron chi connectivity index (χ3n) is 4.70. The largest absolute Gasteiger partial charge is 0.449 e. The number of nitrogens with two attached hydrogens (primary N) is 1. The molecule has 28 heavy (non-hydrogen) atoms. The molecule has 2 aromatic rings. The molecule has 2 heterocycles. The number of benzene rings is 1. The number of esters is 1. The third kappa shape index (κ3) is 4.19. The summed E-state index contributed by atoms with van der Waals surface area (Å²) in [6.07, 6.45) is 3.61. The molecule has 1 aliphatic heterocycles. The van der Waals surface area contributed by atoms with Crippen molar-refractivity contribution in [3.05, 3.63) is 39.9 Å². The highest BCUT2D eigenvalue weighted by molar-refractivity contribution is 5.99. The Kier molecular flexibility index (Phi) is 5.72. The Morgan fingerprint density at radius 1 is 1.21 bits per heavy atom. The van der Waals surface area contributed by atoms with Crippen molar-refractivity contribution in [2.24, 2.45) is 5.73 Å². The van der Waals surface area contributed by atoms with Crippen molar-refractivity contribution in [1.29, 1.82) is 0 Å². The van der Waals surface area contributed by atoms with Crippen LogP contribution in [0, 0.1) is 0 Å². The Labute approximate surface area is 160 Å². The van der Waals surface area contributed by atoms with E-state index in [1.807, 2.05) is 5.32 Å². The van der Waals surface area contributed by atoms with Gasteiger partial charge in [-0.05, 0) is 38.0 Å². The van der Waals surface area contributed by atoms with Crippen LogP contribution in [0.15, 0.2) is 23.0 Å². The second-order valence-electron chi connectivity index (χ2n) is 6.78. The summed E-state index contributed by atoms with van der Waals surface area (Å²) in [5.74, 6) is -0.862. The molecule has 3 rings (SSSR count). The fraction of sp³-hybridized carbons (Fsp3) is 0.421. The maximum absolute atomic E-state index is 12.8. The topological polar surface area (TPSA) is 133 Å². The summed E-state index contributed by atoms with van der Waals surface area (Å²) in [7, 11) is 0. The van der Waals surface area contributed by atoms with Gasteiger partial charge in [-0.2, -0.15) is 0 Å². The molecule has 3 N–H and O–H groups in total. The number of amides is 3. The van der Waals surface area contributed by atoms with Crippen molar-refractivity contribution in [3.63, 3.8) is 0 Å². The van der Waals surface area contributed by atoms with Gasteiger partial charge in [-0.3, -0.25) is 19.5 Å². The predicted molar refractivity (Wildman–Crippen MR) is 101 cm³/mol. The number of aryl methyl sites for hydroxylation is 1. The number of urea groups is 1. The van der Waals surface area contributed by atoms with E-state index in [4.69, 9.17) is 10.5 Å². The number of carbonyl (C=O) groups excluding carboxylic acids is 3. The molecule has 1 atom stereocenters. The summed E-state index contributed by atoms with van der Waals surface area (Å²) in [4.78, 5) is 52.1. The van der Waals surface area contributed by atoms with E-state index >= 15 is 0 Å². The van der Waals surface area contributed by atoms with Crippen LogP contribution in [0.5, 0.6) is 0 Å². The smallest absolute Gasteiger partial charge is 0.338 e. The lowest BCUT2D eigenvalue weighted by atomic mass is 10.1. The lowest BCUT2D eigenvalue weighted by molar-refractivity contribution is -0.127. The summed E-state index contributed by atoms with van der Waals surface area (Å²) >= 11 is 0. The number of primary amides is 1. The third-order valence-corrected chi connectivity index (χ3v) is 4.70. The zero-order valence-electron chi connectivity index (χ0n) is 15.6. The SMILES string of the molecule is C[C@@H](OC(=O)c1ccc2c(=O)n3c(nc2c1)CCCCCC3)C(=O)NC(N)=O. The van der Waals surface area contributed by atoms with Crippen LogP contribution in [0.4, 0.5) is 4.79 Å². The highest BCUT2D eigenvalue weighted by Gasteiger charge is 2.21. The van der Waals surface area contributed by atoms with E-state index in [1.165, 1.54) is 19.1 Å². The fourth-order valence-electron chi connectivity index (χ4n) is 3.23. The second-order valence-corrected chi connectivity index (χ2v) is 6.78. The van der Waals surface area contributed by atoms with Gasteiger partial charge in [-0.25, -0.2) is 14.6 Å². The van der Waals surface area contributed by atoms with Crippen LogP contribution in [0.1, 0.15) is 48.8 Å². The number of ether oxygens (including phenoxy) is 1. The van der Waals surface area contributed by atoms with Gasteiger partial charge < -0.3 is 10.5 Å². The summed E-state index contributed by atoms with van der Waals surface area (Å²) < 4.78 is 6.78. The maximum atomic E-state index is 12.8. The van der Waals surface area contributed by atoms with Crippen molar-refractivity contribution in [2.75, 3.05) is 0 Å². The molecule has 0 aliphatic carbocycles. The molecule has 1 aliphatic rings. The van der Waals surface area contributed by atoms with Crippen LogP contribution in [-0.2, 0) is 22.5 Å². The number of imide groups is 1. The van der Waals surface area contributed by atoms with Gasteiger partial charge in [-0.1, -0.05) is 12.8 Å². The molecule has 0 bridgehead atoms. The van der Waals surface area contributed by atoms with E-state index in [-0.39, 0.29) is 11.1 Å². The minimum Gasteiger partial charge on any atom is -0.449 e. The standard InChI is InChI=1S/C19H22N4O5/c1-11(16(24)22-19(20)27)28-18(26)12-7-8-13-14(10-12)21-15-6-4-2-3-5-9-23(15)17(13)25/h7-8,10-11H,2-6,9H2,1H3,(H3,20,22,24,27)/t11-/m1/s1. The van der Waals surface area contributed by atoms with Crippen molar-refractivity contribution >= 4 is 28.8 Å². The van der Waals surface area contributed by atoms with Gasteiger partial charge in [0.05, 0.1) is 16.5 Å². The van der Waals surface area contributed by atoms with Crippen LogP contribution >= 0.6 is 0 Å². The normalized spacial score (nSPS) is 15.0. The summed E-state index contributed by atoms with van der Waals surface area (Å²) in [6, 6.07) is 3.46. The first-order valence-electron chi connectivity index (χ1n) is 9.21. The summed E-state index contributed by atoms with van der Waals surface area (Å²) in [5, 5.41) is 2.28. The molecule has 3 amide bonds. The van der Waals surface area contributed by atoms with E-state index in [0.29, 0.717) is 23.9 Å². The predicted octanol–water partition coefficient (Wildman–Crippen LogP) is 1.25. The first-order valence-corrected chi connectivity index (χ1v) is 9.21. The Bertz CT molecular complexity index is 998. The minimum absolute atomic E-state index is 0.115. The summed E-state index contributed by atoms with van der Waals surface area (Å²) in [5.41, 5.74) is 5.34. The van der Waals surface area contributed by atoms with Gasteiger partial charge in [0.25, 0.3) is 11.5 Å². The van der Waals surface area contributed by atoms with E-state index in [1.54, 1.807) is 10.6 Å². The van der Waals surface area contributed by atoms with E-state index in [9.17, 15) is 19.2 Å². The van der Waals surface area contributed by atoms with Crippen LogP contribution < -0.4 is 16.6 Å². The molecule has 0 saturated heterocycles. The van der Waals surface area contributed by atoms with Gasteiger partial charge in [-0.15, -0.1) is 0 Å². The number of nitrogens with one attached hydrogen (secondary N) is 1. The number of aromatic nitrogens is 2. The Morgan fingerprint density at radius 3 is 2.71 bits per heavy atom. The zero-order chi connectivity index (χ0) is 20.3. The number of rotatable bonds is 3. The molecule has 0 fully saturated rings. The molecule has 0 unspecified atom stereocenters. The van der Waals surface area contributed by atoms with Crippen LogP contribution in [0.2, 0.25) is 0 Å². The average molecular weight is 386 g/mol. The molecule has 1 aromatic heterocycles. The van der Waals surface area contributed by atoms with Crippen LogP contribution in [0.3, 0.4) is 0 Å². The molecule has 148 valence electrons. The monoisotopic (exact) mass is 386 g/mol. The fourth-order valence-corrected chi connectivity index (χ4v) is 3.23.